The van der Waals surface area contributed by atoms with Gasteiger partial charge < -0.3 is 4.40 Å². The van der Waals surface area contributed by atoms with Crippen LogP contribution in [0.25, 0.3) is 49.1 Å². The van der Waals surface area contributed by atoms with Gasteiger partial charge in [0.2, 0.25) is 0 Å². The molecule has 2 aliphatic carbocycles. The third-order valence-electron chi connectivity index (χ3n) is 8.77. The minimum atomic E-state index is 0.699. The number of rotatable bonds is 1. The number of hydrogen-bond acceptors (Lipinski definition) is 1. The number of pyridine rings is 1. The number of aromatic nitrogens is 3. The van der Waals surface area contributed by atoms with Crippen molar-refractivity contribution in [2.45, 2.75) is 38.5 Å². The lowest BCUT2D eigenvalue weighted by atomic mass is 9.83. The van der Waals surface area contributed by atoms with Gasteiger partial charge in [-0.05, 0) is 78.2 Å². The fraction of sp³-hybridized carbons (Fsp3) is 0.310. The number of para-hydroxylation sites is 1. The van der Waals surface area contributed by atoms with Gasteiger partial charge in [0.25, 0.3) is 6.33 Å². The van der Waals surface area contributed by atoms with Gasteiger partial charge in [0.1, 0.15) is 5.52 Å². The number of aryl methyl sites for hydroxylation is 2. The summed E-state index contributed by atoms with van der Waals surface area (Å²) < 4.78 is 4.77. The Labute approximate surface area is 186 Å². The molecule has 3 aromatic carbocycles. The monoisotopic (exact) mass is 416 g/mol. The van der Waals surface area contributed by atoms with Crippen LogP contribution in [-0.2, 0) is 7.05 Å². The van der Waals surface area contributed by atoms with Crippen molar-refractivity contribution >= 4 is 49.1 Å². The molecule has 32 heavy (non-hydrogen) atoms. The van der Waals surface area contributed by atoms with Crippen LogP contribution in [0, 0.1) is 18.8 Å². The Kier molecular flexibility index (Phi) is 3.13. The molecule has 2 saturated carbocycles. The molecule has 6 aromatic rings. The van der Waals surface area contributed by atoms with Gasteiger partial charge in [-0.25, -0.2) is 4.57 Å². The molecule has 2 aliphatic rings. The number of hydrogen-bond donors (Lipinski definition) is 0. The molecule has 2 fully saturated rings. The molecule has 3 unspecified atom stereocenters. The maximum atomic E-state index is 4.96. The third kappa shape index (κ3) is 1.98. The van der Waals surface area contributed by atoms with Gasteiger partial charge in [-0.15, -0.1) is 0 Å². The van der Waals surface area contributed by atoms with Crippen LogP contribution in [0.1, 0.15) is 42.7 Å². The molecule has 3 nitrogen and oxygen atoms in total. The van der Waals surface area contributed by atoms with Gasteiger partial charge in [0.15, 0.2) is 5.52 Å². The minimum absolute atomic E-state index is 0.699. The van der Waals surface area contributed by atoms with E-state index in [4.69, 9.17) is 4.98 Å². The Morgan fingerprint density at radius 2 is 1.84 bits per heavy atom. The first-order valence-corrected chi connectivity index (χ1v) is 12.0. The van der Waals surface area contributed by atoms with E-state index in [1.54, 1.807) is 0 Å². The summed E-state index contributed by atoms with van der Waals surface area (Å²) in [7, 11) is 2.14. The van der Waals surface area contributed by atoms with Crippen LogP contribution in [0.4, 0.5) is 0 Å². The van der Waals surface area contributed by atoms with Crippen LogP contribution in [0.5, 0.6) is 0 Å². The molecule has 0 radical (unpaired) electrons. The first-order valence-electron chi connectivity index (χ1n) is 12.0. The molecule has 3 heteroatoms. The highest BCUT2D eigenvalue weighted by atomic mass is 15.0. The Hall–Kier alpha value is -3.20. The number of nitrogens with zero attached hydrogens (tertiary/aromatic N) is 3. The molecule has 2 bridgehead atoms. The lowest BCUT2D eigenvalue weighted by Crippen LogP contribution is -2.30. The quantitative estimate of drug-likeness (QED) is 0.172. The van der Waals surface area contributed by atoms with E-state index in [-0.39, 0.29) is 0 Å². The van der Waals surface area contributed by atoms with Gasteiger partial charge in [-0.3, -0.25) is 0 Å². The van der Waals surface area contributed by atoms with E-state index in [9.17, 15) is 0 Å². The van der Waals surface area contributed by atoms with E-state index < -0.39 is 0 Å². The molecule has 0 N–H and O–H groups in total. The van der Waals surface area contributed by atoms with Gasteiger partial charge in [0.05, 0.1) is 29.0 Å². The Bertz CT molecular complexity index is 1720. The summed E-state index contributed by atoms with van der Waals surface area (Å²) >= 11 is 0. The second-order valence-electron chi connectivity index (χ2n) is 10.4. The maximum absolute atomic E-state index is 4.96. The standard InChI is InChI=1S/C29H26N3/c1-16-7-10-21-20-5-3-4-6-24(20)32-25-14-19(22-12-17-8-9-18(22)11-17)13-23-27(25)29(26(16)28(21)32)31(2)15-30-23/h3-7,10,13-15,17-18,22H,8-9,11-12H2,1-2H3/q+1. The van der Waals surface area contributed by atoms with Gasteiger partial charge >= 0.3 is 0 Å². The topological polar surface area (TPSA) is 21.2 Å². The number of benzene rings is 3. The molecule has 8 rings (SSSR count). The molecule has 156 valence electrons. The van der Waals surface area contributed by atoms with E-state index in [1.165, 1.54) is 80.4 Å². The average Bonchev–Trinajstić information content (AvgIpc) is 3.53. The predicted octanol–water partition coefficient (Wildman–Crippen LogP) is 6.42. The summed E-state index contributed by atoms with van der Waals surface area (Å²) in [5.41, 5.74) is 9.27. The maximum Gasteiger partial charge on any atom is 0.287 e. The molecule has 0 saturated heterocycles. The summed E-state index contributed by atoms with van der Waals surface area (Å²) in [5.74, 6) is 2.50. The summed E-state index contributed by atoms with van der Waals surface area (Å²) in [6.45, 7) is 2.25. The van der Waals surface area contributed by atoms with Gasteiger partial charge in [0, 0.05) is 16.2 Å². The summed E-state index contributed by atoms with van der Waals surface area (Å²) in [4.78, 5) is 4.96. The van der Waals surface area contributed by atoms with Crippen LogP contribution in [0.3, 0.4) is 0 Å². The van der Waals surface area contributed by atoms with Crippen LogP contribution in [0.2, 0.25) is 0 Å². The largest absolute Gasteiger partial charge is 0.308 e. The normalized spacial score (nSPS) is 23.1. The second-order valence-corrected chi connectivity index (χ2v) is 10.4. The highest BCUT2D eigenvalue weighted by molar-refractivity contribution is 6.25. The van der Waals surface area contributed by atoms with Crippen LogP contribution >= 0.6 is 0 Å². The van der Waals surface area contributed by atoms with Crippen molar-refractivity contribution < 1.29 is 4.57 Å². The molecule has 3 atom stereocenters. The molecular weight excluding hydrogens is 390 g/mol. The van der Waals surface area contributed by atoms with Crippen molar-refractivity contribution in [3.05, 3.63) is 66.0 Å². The first kappa shape index (κ1) is 17.4. The van der Waals surface area contributed by atoms with E-state index in [1.807, 2.05) is 6.33 Å². The fourth-order valence-corrected chi connectivity index (χ4v) is 7.41. The smallest absolute Gasteiger partial charge is 0.287 e. The predicted molar refractivity (Wildman–Crippen MR) is 131 cm³/mol. The van der Waals surface area contributed by atoms with Crippen molar-refractivity contribution in [1.82, 2.24) is 9.38 Å². The molecular formula is C29H26N3+. The molecule has 0 aliphatic heterocycles. The lowest BCUT2D eigenvalue weighted by Gasteiger charge is -2.23. The lowest BCUT2D eigenvalue weighted by molar-refractivity contribution is -0.646. The van der Waals surface area contributed by atoms with Crippen molar-refractivity contribution in [3.63, 3.8) is 0 Å². The number of fused-ring (bicyclic) bond motifs is 7. The Morgan fingerprint density at radius 1 is 0.938 bits per heavy atom. The third-order valence-corrected chi connectivity index (χ3v) is 8.77. The van der Waals surface area contributed by atoms with E-state index in [0.29, 0.717) is 5.92 Å². The zero-order valence-electron chi connectivity index (χ0n) is 18.6. The molecule has 0 spiro atoms. The molecule has 3 heterocycles. The molecule has 0 amide bonds. The van der Waals surface area contributed by atoms with Crippen molar-refractivity contribution in [1.29, 1.82) is 0 Å². The SMILES string of the molecule is Cc1ccc2c3ccccc3n3c4cc(C5CC6CCC5C6)cc5nc[n+](C)c(c1c23)c54. The Morgan fingerprint density at radius 3 is 2.69 bits per heavy atom. The average molecular weight is 417 g/mol. The fourth-order valence-electron chi connectivity index (χ4n) is 7.41. The highest BCUT2D eigenvalue weighted by Gasteiger charge is 2.40. The zero-order chi connectivity index (χ0) is 21.1. The van der Waals surface area contributed by atoms with Gasteiger partial charge in [-0.1, -0.05) is 36.8 Å². The Balaban J connectivity index is 1.64. The molecule has 3 aromatic heterocycles. The second kappa shape index (κ2) is 5.78. The van der Waals surface area contributed by atoms with Crippen molar-refractivity contribution in [2.24, 2.45) is 18.9 Å². The van der Waals surface area contributed by atoms with Gasteiger partial charge in [-0.2, -0.15) is 0 Å². The summed E-state index contributed by atoms with van der Waals surface area (Å²) in [6, 6.07) is 18.4. The first-order chi connectivity index (χ1) is 15.7. The summed E-state index contributed by atoms with van der Waals surface area (Å²) in [5, 5.41) is 5.34. The van der Waals surface area contributed by atoms with Crippen molar-refractivity contribution in [3.8, 4) is 0 Å². The van der Waals surface area contributed by atoms with Crippen molar-refractivity contribution in [2.75, 3.05) is 0 Å². The minimum Gasteiger partial charge on any atom is -0.308 e. The highest BCUT2D eigenvalue weighted by Crippen LogP contribution is 2.53. The van der Waals surface area contributed by atoms with E-state index in [2.05, 4.69) is 71.5 Å². The van der Waals surface area contributed by atoms with Crippen LogP contribution < -0.4 is 4.57 Å². The zero-order valence-corrected chi connectivity index (χ0v) is 18.6. The van der Waals surface area contributed by atoms with E-state index >= 15 is 0 Å². The van der Waals surface area contributed by atoms with Crippen LogP contribution in [0.15, 0.2) is 54.9 Å². The van der Waals surface area contributed by atoms with E-state index in [0.717, 1.165) is 17.4 Å². The summed E-state index contributed by atoms with van der Waals surface area (Å²) in [6.07, 6.45) is 7.65. The van der Waals surface area contributed by atoms with Crippen LogP contribution in [-0.4, -0.2) is 9.38 Å².